The molecule has 2 heterocycles. The smallest absolute Gasteiger partial charge is 0.255 e. The van der Waals surface area contributed by atoms with E-state index in [9.17, 15) is 9.59 Å². The molecule has 1 aromatic heterocycles. The predicted molar refractivity (Wildman–Crippen MR) is 86.3 cm³/mol. The van der Waals surface area contributed by atoms with Crippen molar-refractivity contribution >= 4 is 18.3 Å². The average molecular weight is 314 g/mol. The van der Waals surface area contributed by atoms with Crippen molar-refractivity contribution in [3.05, 3.63) is 33.7 Å². The van der Waals surface area contributed by atoms with Crippen LogP contribution in [0.25, 0.3) is 0 Å². The highest BCUT2D eigenvalue weighted by Gasteiger charge is 2.26. The maximum absolute atomic E-state index is 12.7. The van der Waals surface area contributed by atoms with Gasteiger partial charge in [0.15, 0.2) is 0 Å². The summed E-state index contributed by atoms with van der Waals surface area (Å²) in [5.74, 6) is 0.0347. The van der Waals surface area contributed by atoms with Crippen molar-refractivity contribution in [2.24, 2.45) is 0 Å². The lowest BCUT2D eigenvalue weighted by Gasteiger charge is -2.34. The van der Waals surface area contributed by atoms with Crippen molar-refractivity contribution in [1.29, 1.82) is 0 Å². The first-order valence-corrected chi connectivity index (χ1v) is 7.34. The summed E-state index contributed by atoms with van der Waals surface area (Å²) in [6.45, 7) is 6.59. The van der Waals surface area contributed by atoms with E-state index < -0.39 is 0 Å². The number of aromatic amines is 1. The minimum Gasteiger partial charge on any atom is -0.336 e. The van der Waals surface area contributed by atoms with E-state index in [-0.39, 0.29) is 23.9 Å². The SMILES string of the molecule is CCCN(C(=O)c1c[nH]c(=O)cc1C)C1CCNCC1.Cl. The van der Waals surface area contributed by atoms with Crippen LogP contribution in [-0.4, -0.2) is 41.5 Å². The number of halogens is 1. The number of carbonyl (C=O) groups excluding carboxylic acids is 1. The van der Waals surface area contributed by atoms with E-state index in [2.05, 4.69) is 17.2 Å². The molecule has 1 amide bonds. The molecule has 0 spiro atoms. The highest BCUT2D eigenvalue weighted by atomic mass is 35.5. The molecule has 2 N–H and O–H groups in total. The Labute approximate surface area is 131 Å². The van der Waals surface area contributed by atoms with Crippen LogP contribution < -0.4 is 10.9 Å². The number of aryl methyl sites for hydroxylation is 1. The van der Waals surface area contributed by atoms with Crippen LogP contribution in [0.3, 0.4) is 0 Å². The highest BCUT2D eigenvalue weighted by molar-refractivity contribution is 5.95. The number of pyridine rings is 1. The Morgan fingerprint density at radius 2 is 2.05 bits per heavy atom. The standard InChI is InChI=1S/C15H23N3O2.ClH/c1-3-8-18(12-4-6-16-7-5-12)15(20)13-10-17-14(19)9-11(13)2;/h9-10,12,16H,3-8H2,1-2H3,(H,17,19);1H. The normalized spacial score (nSPS) is 15.3. The van der Waals surface area contributed by atoms with E-state index in [1.165, 1.54) is 6.07 Å². The zero-order chi connectivity index (χ0) is 14.5. The minimum atomic E-state index is -0.164. The van der Waals surface area contributed by atoms with E-state index in [0.29, 0.717) is 11.6 Å². The lowest BCUT2D eigenvalue weighted by Crippen LogP contribution is -2.46. The number of aromatic nitrogens is 1. The summed E-state index contributed by atoms with van der Waals surface area (Å²) in [6, 6.07) is 1.79. The van der Waals surface area contributed by atoms with E-state index >= 15 is 0 Å². The molecule has 1 aliphatic rings. The number of nitrogens with zero attached hydrogens (tertiary/aromatic N) is 1. The summed E-state index contributed by atoms with van der Waals surface area (Å²) >= 11 is 0. The van der Waals surface area contributed by atoms with Gasteiger partial charge in [-0.2, -0.15) is 0 Å². The van der Waals surface area contributed by atoms with Crippen molar-refractivity contribution in [2.75, 3.05) is 19.6 Å². The number of rotatable bonds is 4. The molecule has 6 heteroatoms. The fourth-order valence-corrected chi connectivity index (χ4v) is 2.77. The molecule has 5 nitrogen and oxygen atoms in total. The predicted octanol–water partition coefficient (Wildman–Crippen LogP) is 1.71. The van der Waals surface area contributed by atoms with E-state index in [1.54, 1.807) is 6.20 Å². The Morgan fingerprint density at radius 1 is 1.38 bits per heavy atom. The number of hydrogen-bond acceptors (Lipinski definition) is 3. The number of amides is 1. The Hall–Kier alpha value is -1.33. The van der Waals surface area contributed by atoms with Crippen molar-refractivity contribution < 1.29 is 4.79 Å². The largest absolute Gasteiger partial charge is 0.336 e. The van der Waals surface area contributed by atoms with Gasteiger partial charge in [0, 0.05) is 24.8 Å². The molecule has 1 fully saturated rings. The monoisotopic (exact) mass is 313 g/mol. The van der Waals surface area contributed by atoms with Gasteiger partial charge in [0.25, 0.3) is 5.91 Å². The Balaban J connectivity index is 0.00000220. The summed E-state index contributed by atoms with van der Waals surface area (Å²) < 4.78 is 0. The van der Waals surface area contributed by atoms with Gasteiger partial charge < -0.3 is 15.2 Å². The molecule has 0 aromatic carbocycles. The van der Waals surface area contributed by atoms with Crippen molar-refractivity contribution in [3.63, 3.8) is 0 Å². The van der Waals surface area contributed by atoms with Gasteiger partial charge in [-0.25, -0.2) is 0 Å². The lowest BCUT2D eigenvalue weighted by atomic mass is 10.0. The van der Waals surface area contributed by atoms with Crippen molar-refractivity contribution in [1.82, 2.24) is 15.2 Å². The average Bonchev–Trinajstić information content (AvgIpc) is 2.45. The third-order valence-electron chi connectivity index (χ3n) is 3.84. The summed E-state index contributed by atoms with van der Waals surface area (Å²) in [5.41, 5.74) is 1.19. The molecule has 1 saturated heterocycles. The van der Waals surface area contributed by atoms with Gasteiger partial charge in [0.1, 0.15) is 0 Å². The molecule has 2 rings (SSSR count). The van der Waals surface area contributed by atoms with Crippen molar-refractivity contribution in [3.8, 4) is 0 Å². The molecule has 0 unspecified atom stereocenters. The molecular weight excluding hydrogens is 290 g/mol. The molecule has 0 atom stereocenters. The number of nitrogens with one attached hydrogen (secondary N) is 2. The molecule has 0 saturated carbocycles. The molecular formula is C15H24ClN3O2. The van der Waals surface area contributed by atoms with E-state index in [1.807, 2.05) is 11.8 Å². The summed E-state index contributed by atoms with van der Waals surface area (Å²) in [7, 11) is 0. The zero-order valence-corrected chi connectivity index (χ0v) is 13.5. The molecule has 21 heavy (non-hydrogen) atoms. The molecule has 0 aliphatic carbocycles. The van der Waals surface area contributed by atoms with E-state index in [0.717, 1.165) is 44.5 Å². The van der Waals surface area contributed by atoms with Crippen molar-refractivity contribution in [2.45, 2.75) is 39.2 Å². The molecule has 1 aliphatic heterocycles. The van der Waals surface area contributed by atoms with Crippen LogP contribution in [0.5, 0.6) is 0 Å². The number of hydrogen-bond donors (Lipinski definition) is 2. The maximum atomic E-state index is 12.7. The first kappa shape index (κ1) is 17.7. The zero-order valence-electron chi connectivity index (χ0n) is 12.6. The van der Waals surface area contributed by atoms with Crippen LogP contribution in [0, 0.1) is 6.92 Å². The second-order valence-electron chi connectivity index (χ2n) is 5.37. The topological polar surface area (TPSA) is 65.2 Å². The quantitative estimate of drug-likeness (QED) is 0.889. The van der Waals surface area contributed by atoms with Gasteiger partial charge in [-0.1, -0.05) is 6.92 Å². The van der Waals surface area contributed by atoms with E-state index in [4.69, 9.17) is 0 Å². The second-order valence-corrected chi connectivity index (χ2v) is 5.37. The van der Waals surface area contributed by atoms with Gasteiger partial charge >= 0.3 is 0 Å². The van der Waals surface area contributed by atoms with Crippen LogP contribution in [0.1, 0.15) is 42.1 Å². The summed E-state index contributed by atoms with van der Waals surface area (Å²) in [4.78, 5) is 28.6. The first-order valence-electron chi connectivity index (χ1n) is 7.34. The van der Waals surface area contributed by atoms with Crippen LogP contribution in [0.15, 0.2) is 17.1 Å². The molecule has 118 valence electrons. The Kier molecular flexibility index (Phi) is 6.92. The Morgan fingerprint density at radius 3 is 2.62 bits per heavy atom. The first-order chi connectivity index (χ1) is 9.63. The van der Waals surface area contributed by atoms with Gasteiger partial charge in [-0.15, -0.1) is 12.4 Å². The fraction of sp³-hybridized carbons (Fsp3) is 0.600. The Bertz CT molecular complexity index is 524. The fourth-order valence-electron chi connectivity index (χ4n) is 2.77. The number of carbonyl (C=O) groups is 1. The molecule has 0 bridgehead atoms. The molecule has 1 aromatic rings. The van der Waals surface area contributed by atoms with Gasteiger partial charge in [0.05, 0.1) is 5.56 Å². The third-order valence-corrected chi connectivity index (χ3v) is 3.84. The number of piperidine rings is 1. The van der Waals surface area contributed by atoms with Gasteiger partial charge in [-0.3, -0.25) is 9.59 Å². The van der Waals surface area contributed by atoms with Gasteiger partial charge in [-0.05, 0) is 44.8 Å². The van der Waals surface area contributed by atoms with Crippen LogP contribution >= 0.6 is 12.4 Å². The number of H-pyrrole nitrogens is 1. The lowest BCUT2D eigenvalue weighted by molar-refractivity contribution is 0.0641. The van der Waals surface area contributed by atoms with Crippen LogP contribution in [0.4, 0.5) is 0 Å². The maximum Gasteiger partial charge on any atom is 0.255 e. The summed E-state index contributed by atoms with van der Waals surface area (Å²) in [5, 5.41) is 3.32. The van der Waals surface area contributed by atoms with Crippen LogP contribution in [0.2, 0.25) is 0 Å². The minimum absolute atomic E-state index is 0. The second kappa shape index (κ2) is 8.20. The molecule has 0 radical (unpaired) electrons. The summed E-state index contributed by atoms with van der Waals surface area (Å²) in [6.07, 6.45) is 4.48. The highest BCUT2D eigenvalue weighted by Crippen LogP contribution is 2.17. The van der Waals surface area contributed by atoms with Crippen LogP contribution in [-0.2, 0) is 0 Å². The van der Waals surface area contributed by atoms with Gasteiger partial charge in [0.2, 0.25) is 5.56 Å². The third kappa shape index (κ3) is 4.32.